The summed E-state index contributed by atoms with van der Waals surface area (Å²) in [5.41, 5.74) is 1.28. The lowest BCUT2D eigenvalue weighted by Gasteiger charge is -2.10. The normalized spacial score (nSPS) is 17.2. The van der Waals surface area contributed by atoms with E-state index in [4.69, 9.17) is 9.47 Å². The van der Waals surface area contributed by atoms with Crippen molar-refractivity contribution in [1.29, 1.82) is 0 Å². The first-order valence-electron chi connectivity index (χ1n) is 5.70. The van der Waals surface area contributed by atoms with E-state index in [2.05, 4.69) is 41.1 Å². The minimum atomic E-state index is -0.0128. The molecule has 84 valence electrons. The van der Waals surface area contributed by atoms with E-state index in [1.807, 2.05) is 0 Å². The van der Waals surface area contributed by atoms with Crippen molar-refractivity contribution >= 4 is 10.9 Å². The predicted molar refractivity (Wildman–Crippen MR) is 62.2 cm³/mol. The number of hydrogen-bond acceptors (Lipinski definition) is 2. The number of hydrogen-bond donors (Lipinski definition) is 0. The van der Waals surface area contributed by atoms with E-state index < -0.39 is 0 Å². The number of fused-ring (bicyclic) bond motifs is 1. The van der Waals surface area contributed by atoms with Crippen LogP contribution in [-0.2, 0) is 16.0 Å². The molecule has 1 aromatic carbocycles. The lowest BCUT2D eigenvalue weighted by molar-refractivity contribution is -0.0488. The molecule has 1 aliphatic rings. The number of rotatable bonds is 3. The molecule has 0 amide bonds. The number of aryl methyl sites for hydroxylation is 1. The summed E-state index contributed by atoms with van der Waals surface area (Å²) in [4.78, 5) is 0. The van der Waals surface area contributed by atoms with Crippen LogP contribution in [0.3, 0.4) is 0 Å². The molecule has 0 saturated carbocycles. The predicted octanol–water partition coefficient (Wildman–Crippen LogP) is 2.40. The average molecular weight is 217 g/mol. The summed E-state index contributed by atoms with van der Waals surface area (Å²) < 4.78 is 13.1. The highest BCUT2D eigenvalue weighted by molar-refractivity contribution is 5.79. The maximum absolute atomic E-state index is 5.43. The van der Waals surface area contributed by atoms with E-state index in [9.17, 15) is 0 Å². The second-order valence-corrected chi connectivity index (χ2v) is 4.03. The maximum Gasteiger partial charge on any atom is 0.159 e. The van der Waals surface area contributed by atoms with Crippen LogP contribution in [0, 0.1) is 0 Å². The highest BCUT2D eigenvalue weighted by Crippen LogP contribution is 2.17. The van der Waals surface area contributed by atoms with Crippen LogP contribution in [0.4, 0.5) is 0 Å². The van der Waals surface area contributed by atoms with Crippen LogP contribution in [0.2, 0.25) is 0 Å². The van der Waals surface area contributed by atoms with Crippen molar-refractivity contribution in [3.05, 3.63) is 36.5 Å². The quantitative estimate of drug-likeness (QED) is 0.788. The van der Waals surface area contributed by atoms with Crippen LogP contribution >= 0.6 is 0 Å². The third kappa shape index (κ3) is 1.84. The fourth-order valence-electron chi connectivity index (χ4n) is 2.15. The summed E-state index contributed by atoms with van der Waals surface area (Å²) >= 11 is 0. The highest BCUT2D eigenvalue weighted by Gasteiger charge is 2.15. The minimum Gasteiger partial charge on any atom is -0.350 e. The van der Waals surface area contributed by atoms with Gasteiger partial charge in [-0.3, -0.25) is 0 Å². The molecule has 0 radical (unpaired) electrons. The maximum atomic E-state index is 5.43. The van der Waals surface area contributed by atoms with Crippen molar-refractivity contribution in [2.75, 3.05) is 13.2 Å². The third-order valence-corrected chi connectivity index (χ3v) is 2.98. The molecule has 3 nitrogen and oxygen atoms in total. The summed E-state index contributed by atoms with van der Waals surface area (Å²) in [6, 6.07) is 10.6. The van der Waals surface area contributed by atoms with E-state index in [1.165, 1.54) is 10.9 Å². The Morgan fingerprint density at radius 1 is 1.12 bits per heavy atom. The van der Waals surface area contributed by atoms with Gasteiger partial charge in [0.1, 0.15) is 0 Å². The highest BCUT2D eigenvalue weighted by atomic mass is 16.7. The summed E-state index contributed by atoms with van der Waals surface area (Å²) in [6.07, 6.45) is 3.03. The Balaban J connectivity index is 1.73. The molecule has 0 bridgehead atoms. The van der Waals surface area contributed by atoms with E-state index in [0.29, 0.717) is 0 Å². The van der Waals surface area contributed by atoms with Crippen molar-refractivity contribution in [2.45, 2.75) is 19.3 Å². The van der Waals surface area contributed by atoms with Gasteiger partial charge in [-0.25, -0.2) is 0 Å². The zero-order valence-corrected chi connectivity index (χ0v) is 9.13. The molecule has 2 heterocycles. The van der Waals surface area contributed by atoms with Gasteiger partial charge in [-0.05, 0) is 17.5 Å². The van der Waals surface area contributed by atoms with Crippen LogP contribution in [0.25, 0.3) is 10.9 Å². The minimum absolute atomic E-state index is 0.0128. The van der Waals surface area contributed by atoms with Gasteiger partial charge in [-0.1, -0.05) is 18.2 Å². The van der Waals surface area contributed by atoms with Gasteiger partial charge in [-0.2, -0.15) is 0 Å². The van der Waals surface area contributed by atoms with Gasteiger partial charge in [0.2, 0.25) is 0 Å². The Labute approximate surface area is 94.6 Å². The second-order valence-electron chi connectivity index (χ2n) is 4.03. The first-order chi connectivity index (χ1) is 7.93. The zero-order chi connectivity index (χ0) is 10.8. The van der Waals surface area contributed by atoms with Crippen molar-refractivity contribution in [1.82, 2.24) is 4.57 Å². The smallest absolute Gasteiger partial charge is 0.159 e. The number of nitrogens with zero attached hydrogens (tertiary/aromatic N) is 1. The Morgan fingerprint density at radius 2 is 1.94 bits per heavy atom. The second kappa shape index (κ2) is 4.28. The Bertz CT molecular complexity index is 471. The van der Waals surface area contributed by atoms with Gasteiger partial charge < -0.3 is 14.0 Å². The molecule has 3 heteroatoms. The number of aromatic nitrogens is 1. The first kappa shape index (κ1) is 9.87. The molecule has 0 aliphatic carbocycles. The Hall–Kier alpha value is -1.32. The average Bonchev–Trinajstić information content (AvgIpc) is 2.96. The standard InChI is InChI=1S/C13H15NO2/c1-2-4-12-11(3-1)5-7-14(12)8-6-13-15-9-10-16-13/h1-5,7,13H,6,8-10H2. The monoisotopic (exact) mass is 217 g/mol. The van der Waals surface area contributed by atoms with Gasteiger partial charge in [0.15, 0.2) is 6.29 Å². The summed E-state index contributed by atoms with van der Waals surface area (Å²) in [5.74, 6) is 0. The molecular weight excluding hydrogens is 202 g/mol. The largest absolute Gasteiger partial charge is 0.350 e. The molecule has 1 saturated heterocycles. The first-order valence-corrected chi connectivity index (χ1v) is 5.70. The molecule has 1 aliphatic heterocycles. The molecule has 0 unspecified atom stereocenters. The number of benzene rings is 1. The topological polar surface area (TPSA) is 23.4 Å². The van der Waals surface area contributed by atoms with Crippen molar-refractivity contribution < 1.29 is 9.47 Å². The molecule has 0 N–H and O–H groups in total. The van der Waals surface area contributed by atoms with Crippen LogP contribution in [0.1, 0.15) is 6.42 Å². The lowest BCUT2D eigenvalue weighted by Crippen LogP contribution is -2.11. The third-order valence-electron chi connectivity index (χ3n) is 2.98. The fourth-order valence-corrected chi connectivity index (χ4v) is 2.15. The Kier molecular flexibility index (Phi) is 2.64. The molecule has 0 atom stereocenters. The van der Waals surface area contributed by atoms with Gasteiger partial charge in [0.05, 0.1) is 13.2 Å². The summed E-state index contributed by atoms with van der Waals surface area (Å²) in [6.45, 7) is 2.41. The molecule has 1 fully saturated rings. The summed E-state index contributed by atoms with van der Waals surface area (Å²) in [7, 11) is 0. The van der Waals surface area contributed by atoms with Crippen LogP contribution < -0.4 is 0 Å². The van der Waals surface area contributed by atoms with Crippen LogP contribution in [-0.4, -0.2) is 24.1 Å². The van der Waals surface area contributed by atoms with Crippen LogP contribution in [0.5, 0.6) is 0 Å². The van der Waals surface area contributed by atoms with Gasteiger partial charge in [0, 0.05) is 24.7 Å². The lowest BCUT2D eigenvalue weighted by atomic mass is 10.2. The van der Waals surface area contributed by atoms with Crippen LogP contribution in [0.15, 0.2) is 36.5 Å². The van der Waals surface area contributed by atoms with Crippen molar-refractivity contribution in [2.24, 2.45) is 0 Å². The van der Waals surface area contributed by atoms with Gasteiger partial charge in [-0.15, -0.1) is 0 Å². The number of ether oxygens (including phenoxy) is 2. The van der Waals surface area contributed by atoms with E-state index in [1.54, 1.807) is 0 Å². The van der Waals surface area contributed by atoms with Gasteiger partial charge >= 0.3 is 0 Å². The SMILES string of the molecule is c1ccc2c(c1)ccn2CCC1OCCO1. The van der Waals surface area contributed by atoms with E-state index >= 15 is 0 Å². The molecule has 3 rings (SSSR count). The van der Waals surface area contributed by atoms with Crippen molar-refractivity contribution in [3.8, 4) is 0 Å². The van der Waals surface area contributed by atoms with Crippen molar-refractivity contribution in [3.63, 3.8) is 0 Å². The fraction of sp³-hybridized carbons (Fsp3) is 0.385. The van der Waals surface area contributed by atoms with E-state index in [0.717, 1.165) is 26.2 Å². The van der Waals surface area contributed by atoms with Gasteiger partial charge in [0.25, 0.3) is 0 Å². The Morgan fingerprint density at radius 3 is 2.81 bits per heavy atom. The zero-order valence-electron chi connectivity index (χ0n) is 9.13. The molecule has 16 heavy (non-hydrogen) atoms. The molecule has 1 aromatic heterocycles. The molecule has 0 spiro atoms. The summed E-state index contributed by atoms with van der Waals surface area (Å²) in [5, 5.41) is 1.29. The molecule has 2 aromatic rings. The molecular formula is C13H15NO2. The van der Waals surface area contributed by atoms with E-state index in [-0.39, 0.29) is 6.29 Å². The number of para-hydroxylation sites is 1.